The monoisotopic (exact) mass is 372 g/mol. The van der Waals surface area contributed by atoms with Crippen LogP contribution >= 0.6 is 0 Å². The lowest BCUT2D eigenvalue weighted by atomic mass is 10.0. The molecule has 0 bridgehead atoms. The normalized spacial score (nSPS) is 11.6. The Hall–Kier alpha value is -3.73. The van der Waals surface area contributed by atoms with Gasteiger partial charge in [0.05, 0.1) is 5.69 Å². The number of aromatic nitrogens is 2. The van der Waals surface area contributed by atoms with Crippen molar-refractivity contribution < 1.29 is 8.81 Å². The van der Waals surface area contributed by atoms with Crippen LogP contribution in [0.4, 0.5) is 4.39 Å². The number of H-pyrrole nitrogens is 1. The van der Waals surface area contributed by atoms with Gasteiger partial charge in [0.1, 0.15) is 17.3 Å². The highest BCUT2D eigenvalue weighted by Gasteiger charge is 2.11. The van der Waals surface area contributed by atoms with E-state index in [2.05, 4.69) is 9.97 Å². The second kappa shape index (κ2) is 7.48. The van der Waals surface area contributed by atoms with Crippen LogP contribution in [0.5, 0.6) is 0 Å². The largest absolute Gasteiger partial charge is 0.457 e. The van der Waals surface area contributed by atoms with Gasteiger partial charge in [0.2, 0.25) is 0 Å². The van der Waals surface area contributed by atoms with Crippen molar-refractivity contribution in [3.05, 3.63) is 112 Å². The summed E-state index contributed by atoms with van der Waals surface area (Å²) in [6, 6.07) is 21.3. The smallest absolute Gasteiger partial charge is 0.345 e. The molecule has 2 heterocycles. The van der Waals surface area contributed by atoms with Crippen molar-refractivity contribution >= 4 is 11.6 Å². The first-order valence-electron chi connectivity index (χ1n) is 8.80. The Morgan fingerprint density at radius 2 is 1.86 bits per heavy atom. The van der Waals surface area contributed by atoms with Crippen molar-refractivity contribution in [3.8, 4) is 11.3 Å². The third kappa shape index (κ3) is 3.83. The van der Waals surface area contributed by atoms with Gasteiger partial charge in [-0.2, -0.15) is 4.98 Å². The summed E-state index contributed by atoms with van der Waals surface area (Å²) in [5.74, 6) is 0.824. The van der Waals surface area contributed by atoms with Gasteiger partial charge in [0, 0.05) is 16.8 Å². The molecule has 0 saturated carbocycles. The first-order chi connectivity index (χ1) is 13.6. The molecule has 0 fully saturated rings. The van der Waals surface area contributed by atoms with Gasteiger partial charge in [0.15, 0.2) is 0 Å². The van der Waals surface area contributed by atoms with Crippen molar-refractivity contribution in [2.75, 3.05) is 0 Å². The van der Waals surface area contributed by atoms with Crippen molar-refractivity contribution in [1.82, 2.24) is 9.97 Å². The molecule has 0 radical (unpaired) electrons. The van der Waals surface area contributed by atoms with Gasteiger partial charge in [-0.3, -0.25) is 0 Å². The van der Waals surface area contributed by atoms with Crippen LogP contribution in [0.3, 0.4) is 0 Å². The predicted octanol–water partition coefficient (Wildman–Crippen LogP) is 5.07. The van der Waals surface area contributed by atoms with Crippen LogP contribution in [0.1, 0.15) is 22.7 Å². The number of hydrogen-bond donors (Lipinski definition) is 1. The van der Waals surface area contributed by atoms with E-state index in [1.807, 2.05) is 55.5 Å². The number of benzene rings is 2. The number of rotatable bonds is 4. The third-order valence-corrected chi connectivity index (χ3v) is 4.26. The van der Waals surface area contributed by atoms with Crippen LogP contribution in [0.25, 0.3) is 23.0 Å². The highest BCUT2D eigenvalue weighted by molar-refractivity contribution is 5.89. The summed E-state index contributed by atoms with van der Waals surface area (Å²) < 4.78 is 19.4. The van der Waals surface area contributed by atoms with Gasteiger partial charge in [-0.15, -0.1) is 0 Å². The molecule has 5 heteroatoms. The Bertz CT molecular complexity index is 1210. The zero-order valence-corrected chi connectivity index (χ0v) is 15.1. The number of hydrogen-bond acceptors (Lipinski definition) is 3. The quantitative estimate of drug-likeness (QED) is 0.544. The molecule has 4 rings (SSSR count). The van der Waals surface area contributed by atoms with E-state index in [1.54, 1.807) is 18.2 Å². The number of nitrogens with one attached hydrogen (secondary N) is 1. The van der Waals surface area contributed by atoms with Gasteiger partial charge in [-0.25, -0.2) is 9.18 Å². The van der Waals surface area contributed by atoms with Crippen LogP contribution in [0, 0.1) is 12.7 Å². The molecule has 28 heavy (non-hydrogen) atoms. The maximum Gasteiger partial charge on any atom is 0.345 e. The molecule has 4 aromatic rings. The van der Waals surface area contributed by atoms with Crippen molar-refractivity contribution in [2.45, 2.75) is 6.92 Å². The summed E-state index contributed by atoms with van der Waals surface area (Å²) in [6.07, 6.45) is 1.83. The minimum Gasteiger partial charge on any atom is -0.457 e. The molecule has 0 aliphatic carbocycles. The summed E-state index contributed by atoms with van der Waals surface area (Å²) in [5, 5.41) is 0. The summed E-state index contributed by atoms with van der Waals surface area (Å²) in [7, 11) is 0. The zero-order chi connectivity index (χ0) is 19.5. The SMILES string of the molecule is Cc1cc(/C(=C/c2ccc(-c3cccc(F)c3)o2)c2ccccc2)nc(=O)[nH]1. The Morgan fingerprint density at radius 1 is 1.04 bits per heavy atom. The highest BCUT2D eigenvalue weighted by Crippen LogP contribution is 2.28. The molecule has 4 nitrogen and oxygen atoms in total. The minimum absolute atomic E-state index is 0.320. The molecular formula is C23H17FN2O2. The van der Waals surface area contributed by atoms with Crippen LogP contribution in [-0.2, 0) is 0 Å². The van der Waals surface area contributed by atoms with Gasteiger partial charge in [-0.05, 0) is 48.9 Å². The number of nitrogens with zero attached hydrogens (tertiary/aromatic N) is 1. The lowest BCUT2D eigenvalue weighted by Crippen LogP contribution is -2.13. The second-order valence-corrected chi connectivity index (χ2v) is 6.39. The molecule has 0 aliphatic rings. The molecule has 138 valence electrons. The van der Waals surface area contributed by atoms with Crippen molar-refractivity contribution in [2.24, 2.45) is 0 Å². The van der Waals surface area contributed by atoms with Gasteiger partial charge < -0.3 is 9.40 Å². The Kier molecular flexibility index (Phi) is 4.72. The van der Waals surface area contributed by atoms with Crippen LogP contribution in [-0.4, -0.2) is 9.97 Å². The fourth-order valence-electron chi connectivity index (χ4n) is 3.01. The maximum absolute atomic E-state index is 13.5. The number of aromatic amines is 1. The number of aryl methyl sites for hydroxylation is 1. The summed E-state index contributed by atoms with van der Waals surface area (Å²) in [5.41, 5.74) is 3.19. The first-order valence-corrected chi connectivity index (χ1v) is 8.80. The van der Waals surface area contributed by atoms with E-state index < -0.39 is 5.69 Å². The van der Waals surface area contributed by atoms with Gasteiger partial charge >= 0.3 is 5.69 Å². The molecular weight excluding hydrogens is 355 g/mol. The van der Waals surface area contributed by atoms with E-state index in [1.165, 1.54) is 12.1 Å². The fourth-order valence-corrected chi connectivity index (χ4v) is 3.01. The Balaban J connectivity index is 1.81. The first kappa shape index (κ1) is 17.7. The zero-order valence-electron chi connectivity index (χ0n) is 15.1. The molecule has 0 atom stereocenters. The molecule has 0 saturated heterocycles. The van der Waals surface area contributed by atoms with E-state index in [9.17, 15) is 9.18 Å². The fraction of sp³-hybridized carbons (Fsp3) is 0.0435. The number of furan rings is 1. The van der Waals surface area contributed by atoms with E-state index in [-0.39, 0.29) is 5.82 Å². The average Bonchev–Trinajstić information content (AvgIpc) is 3.15. The van der Waals surface area contributed by atoms with Crippen molar-refractivity contribution in [1.29, 1.82) is 0 Å². The molecule has 0 spiro atoms. The summed E-state index contributed by atoms with van der Waals surface area (Å²) >= 11 is 0. The molecule has 2 aromatic carbocycles. The maximum atomic E-state index is 13.5. The Morgan fingerprint density at radius 3 is 2.61 bits per heavy atom. The van der Waals surface area contributed by atoms with Crippen LogP contribution in [0.2, 0.25) is 0 Å². The Labute approximate surface area is 161 Å². The topological polar surface area (TPSA) is 58.9 Å². The van der Waals surface area contributed by atoms with Crippen LogP contribution < -0.4 is 5.69 Å². The minimum atomic E-state index is -0.406. The lowest BCUT2D eigenvalue weighted by molar-refractivity contribution is 0.570. The van der Waals surface area contributed by atoms with Gasteiger partial charge in [-0.1, -0.05) is 42.5 Å². The predicted molar refractivity (Wildman–Crippen MR) is 107 cm³/mol. The second-order valence-electron chi connectivity index (χ2n) is 6.39. The highest BCUT2D eigenvalue weighted by atomic mass is 19.1. The van der Waals surface area contributed by atoms with E-state index in [0.717, 1.165) is 16.8 Å². The summed E-state index contributed by atoms with van der Waals surface area (Å²) in [4.78, 5) is 18.6. The standard InChI is InChI=1S/C23H17FN2O2/c1-15-12-21(26-23(27)25-15)20(16-6-3-2-4-7-16)14-19-10-11-22(28-19)17-8-5-9-18(24)13-17/h2-14H,1H3,(H,25,26,27)/b20-14+. The lowest BCUT2D eigenvalue weighted by Gasteiger charge is -2.07. The van der Waals surface area contributed by atoms with E-state index in [0.29, 0.717) is 22.8 Å². The summed E-state index contributed by atoms with van der Waals surface area (Å²) in [6.45, 7) is 1.81. The number of halogens is 1. The van der Waals surface area contributed by atoms with Crippen LogP contribution in [0.15, 0.2) is 82.0 Å². The van der Waals surface area contributed by atoms with E-state index >= 15 is 0 Å². The molecule has 0 aliphatic heterocycles. The average molecular weight is 372 g/mol. The van der Waals surface area contributed by atoms with Gasteiger partial charge in [0.25, 0.3) is 0 Å². The molecule has 2 aromatic heterocycles. The van der Waals surface area contributed by atoms with E-state index in [4.69, 9.17) is 4.42 Å². The molecule has 0 unspecified atom stereocenters. The molecule has 1 N–H and O–H groups in total. The molecule has 0 amide bonds. The third-order valence-electron chi connectivity index (χ3n) is 4.26. The van der Waals surface area contributed by atoms with Crippen molar-refractivity contribution in [3.63, 3.8) is 0 Å².